The van der Waals surface area contributed by atoms with Gasteiger partial charge in [0.15, 0.2) is 0 Å². The molecule has 0 atom stereocenters. The van der Waals surface area contributed by atoms with Gasteiger partial charge in [-0.05, 0) is 24.3 Å². The topological polar surface area (TPSA) is 45.8 Å². The summed E-state index contributed by atoms with van der Waals surface area (Å²) in [7, 11) is 0. The second-order valence-corrected chi connectivity index (χ2v) is 4.05. The lowest BCUT2D eigenvalue weighted by molar-refractivity contribution is 0.0322. The van der Waals surface area contributed by atoms with E-state index in [4.69, 9.17) is 9.47 Å². The standard InChI is InChI=1S/C12H18FN3O2/c13-15-14-11-1-3-12(4-2-11)18-10-7-16-5-8-17-9-6-16/h1-4,14-15H,5-10H2. The molecule has 0 amide bonds. The zero-order valence-corrected chi connectivity index (χ0v) is 10.2. The SMILES string of the molecule is FNNc1ccc(OCCN2CCOCC2)cc1. The summed E-state index contributed by atoms with van der Waals surface area (Å²) in [5, 5.41) is 0. The number of hydrogen-bond acceptors (Lipinski definition) is 5. The molecule has 100 valence electrons. The summed E-state index contributed by atoms with van der Waals surface area (Å²) in [4.78, 5) is 2.31. The molecule has 0 spiro atoms. The molecule has 0 bridgehead atoms. The minimum absolute atomic E-state index is 0.647. The minimum Gasteiger partial charge on any atom is -0.492 e. The van der Waals surface area contributed by atoms with Gasteiger partial charge in [-0.15, -0.1) is 4.48 Å². The lowest BCUT2D eigenvalue weighted by Gasteiger charge is -2.26. The molecule has 1 saturated heterocycles. The highest BCUT2D eigenvalue weighted by Crippen LogP contribution is 2.15. The number of nitrogens with one attached hydrogen (secondary N) is 2. The minimum atomic E-state index is 0.647. The lowest BCUT2D eigenvalue weighted by atomic mass is 10.3. The van der Waals surface area contributed by atoms with E-state index in [2.05, 4.69) is 10.3 Å². The first-order chi connectivity index (χ1) is 8.88. The monoisotopic (exact) mass is 255 g/mol. The van der Waals surface area contributed by atoms with Crippen molar-refractivity contribution in [1.29, 1.82) is 0 Å². The molecule has 0 aliphatic carbocycles. The molecule has 2 rings (SSSR count). The Kier molecular flexibility index (Phi) is 5.19. The summed E-state index contributed by atoms with van der Waals surface area (Å²) in [6.45, 7) is 5.08. The van der Waals surface area contributed by atoms with Gasteiger partial charge in [0.05, 0.1) is 18.9 Å². The van der Waals surface area contributed by atoms with Gasteiger partial charge < -0.3 is 9.47 Å². The van der Waals surface area contributed by atoms with Crippen molar-refractivity contribution in [2.24, 2.45) is 0 Å². The van der Waals surface area contributed by atoms with Gasteiger partial charge in [0.25, 0.3) is 0 Å². The fraction of sp³-hybridized carbons (Fsp3) is 0.500. The Morgan fingerprint density at radius 2 is 1.94 bits per heavy atom. The van der Waals surface area contributed by atoms with Crippen LogP contribution in [0.15, 0.2) is 24.3 Å². The van der Waals surface area contributed by atoms with Crippen molar-refractivity contribution in [3.63, 3.8) is 0 Å². The van der Waals surface area contributed by atoms with Gasteiger partial charge in [-0.1, -0.05) is 5.65 Å². The third-order valence-electron chi connectivity index (χ3n) is 2.83. The smallest absolute Gasteiger partial charge is 0.119 e. The molecule has 0 saturated carbocycles. The third kappa shape index (κ3) is 4.14. The Morgan fingerprint density at radius 1 is 1.22 bits per heavy atom. The molecular weight excluding hydrogens is 237 g/mol. The quantitative estimate of drug-likeness (QED) is 0.591. The lowest BCUT2D eigenvalue weighted by Crippen LogP contribution is -2.38. The van der Waals surface area contributed by atoms with Crippen LogP contribution in [0.25, 0.3) is 0 Å². The van der Waals surface area contributed by atoms with Gasteiger partial charge in [0.2, 0.25) is 0 Å². The first kappa shape index (κ1) is 13.1. The van der Waals surface area contributed by atoms with Gasteiger partial charge in [0.1, 0.15) is 12.4 Å². The molecule has 5 nitrogen and oxygen atoms in total. The van der Waals surface area contributed by atoms with E-state index < -0.39 is 0 Å². The van der Waals surface area contributed by atoms with E-state index in [1.54, 1.807) is 24.3 Å². The van der Waals surface area contributed by atoms with Crippen molar-refractivity contribution in [2.45, 2.75) is 0 Å². The van der Waals surface area contributed by atoms with Gasteiger partial charge in [-0.2, -0.15) is 0 Å². The van der Waals surface area contributed by atoms with Crippen molar-refractivity contribution in [3.8, 4) is 5.75 Å². The normalized spacial score (nSPS) is 16.5. The Bertz CT molecular complexity index is 342. The van der Waals surface area contributed by atoms with Gasteiger partial charge in [0, 0.05) is 19.6 Å². The van der Waals surface area contributed by atoms with Crippen LogP contribution in [0.5, 0.6) is 5.75 Å². The Labute approximate surface area is 106 Å². The van der Waals surface area contributed by atoms with Crippen molar-refractivity contribution >= 4 is 5.69 Å². The van der Waals surface area contributed by atoms with Crippen LogP contribution in [0.1, 0.15) is 0 Å². The van der Waals surface area contributed by atoms with E-state index >= 15 is 0 Å². The molecule has 18 heavy (non-hydrogen) atoms. The molecule has 6 heteroatoms. The average molecular weight is 255 g/mol. The predicted molar refractivity (Wildman–Crippen MR) is 67.1 cm³/mol. The summed E-state index contributed by atoms with van der Waals surface area (Å²) >= 11 is 0. The summed E-state index contributed by atoms with van der Waals surface area (Å²) < 4.78 is 22.7. The van der Waals surface area contributed by atoms with Crippen LogP contribution >= 0.6 is 0 Å². The van der Waals surface area contributed by atoms with E-state index in [0.717, 1.165) is 38.6 Å². The van der Waals surface area contributed by atoms with Crippen LogP contribution in [0.4, 0.5) is 10.2 Å². The maximum Gasteiger partial charge on any atom is 0.119 e. The van der Waals surface area contributed by atoms with Crippen LogP contribution in [0, 0.1) is 0 Å². The molecule has 1 aromatic carbocycles. The number of rotatable bonds is 6. The highest BCUT2D eigenvalue weighted by molar-refractivity contribution is 5.45. The zero-order valence-electron chi connectivity index (χ0n) is 10.2. The number of anilines is 1. The van der Waals surface area contributed by atoms with Crippen LogP contribution < -0.4 is 15.8 Å². The fourth-order valence-electron chi connectivity index (χ4n) is 1.81. The molecule has 1 fully saturated rings. The number of hydrogen-bond donors (Lipinski definition) is 2. The van der Waals surface area contributed by atoms with Crippen LogP contribution in [0.3, 0.4) is 0 Å². The summed E-state index contributed by atoms with van der Waals surface area (Å²) in [6.07, 6.45) is 0. The number of halogens is 1. The van der Waals surface area contributed by atoms with Crippen molar-refractivity contribution in [3.05, 3.63) is 24.3 Å². The van der Waals surface area contributed by atoms with Gasteiger partial charge in [-0.25, -0.2) is 0 Å². The molecule has 2 N–H and O–H groups in total. The highest BCUT2D eigenvalue weighted by Gasteiger charge is 2.09. The summed E-state index contributed by atoms with van der Waals surface area (Å²) in [5.41, 5.74) is 4.38. The molecule has 0 unspecified atom stereocenters. The highest BCUT2D eigenvalue weighted by atomic mass is 19.2. The molecule has 0 aromatic heterocycles. The molecular formula is C12H18FN3O2. The van der Waals surface area contributed by atoms with Crippen LogP contribution in [0.2, 0.25) is 0 Å². The Morgan fingerprint density at radius 3 is 2.61 bits per heavy atom. The van der Waals surface area contributed by atoms with Crippen LogP contribution in [-0.4, -0.2) is 44.4 Å². The van der Waals surface area contributed by atoms with Gasteiger partial charge in [-0.3, -0.25) is 10.3 Å². The van der Waals surface area contributed by atoms with E-state index in [-0.39, 0.29) is 0 Å². The van der Waals surface area contributed by atoms with Crippen molar-refractivity contribution in [1.82, 2.24) is 10.5 Å². The van der Waals surface area contributed by atoms with Crippen molar-refractivity contribution in [2.75, 3.05) is 44.9 Å². The largest absolute Gasteiger partial charge is 0.492 e. The second-order valence-electron chi connectivity index (χ2n) is 4.05. The number of benzene rings is 1. The van der Waals surface area contributed by atoms with Crippen molar-refractivity contribution < 1.29 is 14.0 Å². The molecule has 1 aliphatic rings. The van der Waals surface area contributed by atoms with E-state index in [1.165, 1.54) is 5.65 Å². The zero-order chi connectivity index (χ0) is 12.6. The van der Waals surface area contributed by atoms with E-state index in [1.807, 2.05) is 0 Å². The molecule has 1 aliphatic heterocycles. The van der Waals surface area contributed by atoms with E-state index in [9.17, 15) is 4.48 Å². The van der Waals surface area contributed by atoms with Gasteiger partial charge >= 0.3 is 0 Å². The van der Waals surface area contributed by atoms with Crippen LogP contribution in [-0.2, 0) is 4.74 Å². The molecule has 1 aromatic rings. The van der Waals surface area contributed by atoms with E-state index in [0.29, 0.717) is 12.3 Å². The maximum atomic E-state index is 11.8. The summed E-state index contributed by atoms with van der Waals surface area (Å²) in [6, 6.07) is 7.10. The fourth-order valence-corrected chi connectivity index (χ4v) is 1.81. The summed E-state index contributed by atoms with van der Waals surface area (Å²) in [5.74, 6) is 0.785. The molecule has 0 radical (unpaired) electrons. The maximum absolute atomic E-state index is 11.8. The Balaban J connectivity index is 1.69. The number of ether oxygens (including phenoxy) is 2. The predicted octanol–water partition coefficient (Wildman–Crippen LogP) is 1.20. The number of hydrazine groups is 1. The number of morpholine rings is 1. The third-order valence-corrected chi connectivity index (χ3v) is 2.83. The molecule has 1 heterocycles. The second kappa shape index (κ2) is 7.15. The first-order valence-corrected chi connectivity index (χ1v) is 6.03. The first-order valence-electron chi connectivity index (χ1n) is 6.03. The Hall–Kier alpha value is -1.37. The number of nitrogens with zero attached hydrogens (tertiary/aromatic N) is 1. The average Bonchev–Trinajstić information content (AvgIpc) is 2.42.